The van der Waals surface area contributed by atoms with Crippen molar-refractivity contribution in [2.24, 2.45) is 0 Å². The van der Waals surface area contributed by atoms with Crippen LogP contribution >= 0.6 is 0 Å². The largest absolute Gasteiger partial charge is 0.396 e. The number of nitrogens with two attached hydrogens (primary N) is 1. The van der Waals surface area contributed by atoms with Crippen LogP contribution in [0.4, 0.5) is 10.1 Å². The van der Waals surface area contributed by atoms with Gasteiger partial charge in [-0.25, -0.2) is 4.39 Å². The highest BCUT2D eigenvalue weighted by atomic mass is 19.1. The maximum atomic E-state index is 13.0. The second kappa shape index (κ2) is 4.20. The molecule has 0 amide bonds. The summed E-state index contributed by atoms with van der Waals surface area (Å²) in [4.78, 5) is 0. The minimum atomic E-state index is -0.493. The molecule has 0 saturated carbocycles. The summed E-state index contributed by atoms with van der Waals surface area (Å²) in [6, 6.07) is 4.34. The molecule has 1 unspecified atom stereocenters. The summed E-state index contributed by atoms with van der Waals surface area (Å²) < 4.78 is 17.9. The maximum Gasteiger partial charge on any atom is 0.146 e. The standard InChI is InChI=1S/C9H12FNO2/c1-13-9(5-12)6-2-3-8(11)7(10)4-6/h2-4,9,12H,5,11H2,1H3. The summed E-state index contributed by atoms with van der Waals surface area (Å²) in [6.45, 7) is -0.181. The Kier molecular flexibility index (Phi) is 3.22. The zero-order valence-corrected chi connectivity index (χ0v) is 7.33. The molecule has 0 aliphatic carbocycles. The Morgan fingerprint density at radius 1 is 1.62 bits per heavy atom. The zero-order valence-electron chi connectivity index (χ0n) is 7.33. The van der Waals surface area contributed by atoms with Crippen molar-refractivity contribution in [2.75, 3.05) is 19.5 Å². The normalized spacial score (nSPS) is 12.8. The third kappa shape index (κ3) is 2.17. The predicted octanol–water partition coefficient (Wildman–Crippen LogP) is 1.09. The van der Waals surface area contributed by atoms with Gasteiger partial charge in [0.1, 0.15) is 11.9 Å². The molecule has 0 saturated heterocycles. The van der Waals surface area contributed by atoms with Gasteiger partial charge in [0.25, 0.3) is 0 Å². The SMILES string of the molecule is COC(CO)c1ccc(N)c(F)c1. The van der Waals surface area contributed by atoms with Crippen LogP contribution in [0.2, 0.25) is 0 Å². The Labute approximate surface area is 75.9 Å². The van der Waals surface area contributed by atoms with Crippen molar-refractivity contribution in [2.45, 2.75) is 6.10 Å². The lowest BCUT2D eigenvalue weighted by Gasteiger charge is -2.12. The smallest absolute Gasteiger partial charge is 0.146 e. The lowest BCUT2D eigenvalue weighted by atomic mass is 10.1. The summed E-state index contributed by atoms with van der Waals surface area (Å²) >= 11 is 0. The average molecular weight is 185 g/mol. The van der Waals surface area contributed by atoms with Gasteiger partial charge in [-0.1, -0.05) is 6.07 Å². The fourth-order valence-electron chi connectivity index (χ4n) is 1.06. The molecule has 0 aromatic heterocycles. The van der Waals surface area contributed by atoms with E-state index >= 15 is 0 Å². The van der Waals surface area contributed by atoms with Crippen molar-refractivity contribution < 1.29 is 14.2 Å². The number of benzene rings is 1. The molecule has 1 aromatic carbocycles. The number of anilines is 1. The molecule has 0 spiro atoms. The molecule has 0 aliphatic heterocycles. The van der Waals surface area contributed by atoms with Crippen molar-refractivity contribution in [3.05, 3.63) is 29.6 Å². The first-order valence-electron chi connectivity index (χ1n) is 3.87. The molecule has 0 radical (unpaired) electrons. The van der Waals surface area contributed by atoms with Gasteiger partial charge in [0.05, 0.1) is 12.3 Å². The van der Waals surface area contributed by atoms with E-state index in [-0.39, 0.29) is 12.3 Å². The van der Waals surface area contributed by atoms with Crippen LogP contribution in [0.5, 0.6) is 0 Å². The quantitative estimate of drug-likeness (QED) is 0.693. The molecule has 0 heterocycles. The molecule has 72 valence electrons. The third-order valence-corrected chi connectivity index (χ3v) is 1.85. The fraction of sp³-hybridized carbons (Fsp3) is 0.333. The first-order valence-corrected chi connectivity index (χ1v) is 3.87. The van der Waals surface area contributed by atoms with E-state index in [2.05, 4.69) is 0 Å². The Bertz CT molecular complexity index is 287. The lowest BCUT2D eigenvalue weighted by Crippen LogP contribution is -2.07. The molecule has 13 heavy (non-hydrogen) atoms. The Morgan fingerprint density at radius 3 is 2.77 bits per heavy atom. The van der Waals surface area contributed by atoms with Crippen molar-refractivity contribution in [3.8, 4) is 0 Å². The summed E-state index contributed by atoms with van der Waals surface area (Å²) in [5.41, 5.74) is 5.97. The molecular formula is C9H12FNO2. The first-order chi connectivity index (χ1) is 6.19. The Morgan fingerprint density at radius 2 is 2.31 bits per heavy atom. The second-order valence-electron chi connectivity index (χ2n) is 2.69. The number of halogens is 1. The van der Waals surface area contributed by atoms with Crippen LogP contribution in [0, 0.1) is 5.82 Å². The van der Waals surface area contributed by atoms with Gasteiger partial charge in [0, 0.05) is 7.11 Å². The highest BCUT2D eigenvalue weighted by molar-refractivity contribution is 5.41. The predicted molar refractivity (Wildman–Crippen MR) is 47.6 cm³/mol. The molecule has 1 rings (SSSR count). The molecular weight excluding hydrogens is 173 g/mol. The molecule has 0 fully saturated rings. The molecule has 0 bridgehead atoms. The van der Waals surface area contributed by atoms with Gasteiger partial charge in [-0.3, -0.25) is 0 Å². The van der Waals surface area contributed by atoms with Crippen LogP contribution in [0.3, 0.4) is 0 Å². The van der Waals surface area contributed by atoms with E-state index < -0.39 is 11.9 Å². The lowest BCUT2D eigenvalue weighted by molar-refractivity contribution is 0.0482. The van der Waals surface area contributed by atoms with E-state index in [9.17, 15) is 4.39 Å². The minimum Gasteiger partial charge on any atom is -0.396 e. The summed E-state index contributed by atoms with van der Waals surface area (Å²) in [6.07, 6.45) is -0.491. The third-order valence-electron chi connectivity index (χ3n) is 1.85. The molecule has 3 nitrogen and oxygen atoms in total. The monoisotopic (exact) mass is 185 g/mol. The van der Waals surface area contributed by atoms with Crippen molar-refractivity contribution in [1.82, 2.24) is 0 Å². The number of hydrogen-bond acceptors (Lipinski definition) is 3. The van der Waals surface area contributed by atoms with Gasteiger partial charge in [-0.05, 0) is 17.7 Å². The number of nitrogen functional groups attached to an aromatic ring is 1. The van der Waals surface area contributed by atoms with Crippen LogP contribution in [0.15, 0.2) is 18.2 Å². The van der Waals surface area contributed by atoms with Crippen LogP contribution < -0.4 is 5.73 Å². The van der Waals surface area contributed by atoms with E-state index in [0.717, 1.165) is 0 Å². The molecule has 0 aliphatic rings. The summed E-state index contributed by atoms with van der Waals surface area (Å²) in [5.74, 6) is -0.493. The molecule has 4 heteroatoms. The zero-order chi connectivity index (χ0) is 9.84. The van der Waals surface area contributed by atoms with Gasteiger partial charge >= 0.3 is 0 Å². The second-order valence-corrected chi connectivity index (χ2v) is 2.69. The average Bonchev–Trinajstić information content (AvgIpc) is 2.13. The maximum absolute atomic E-state index is 13.0. The topological polar surface area (TPSA) is 55.5 Å². The van der Waals surface area contributed by atoms with Crippen LogP contribution in [-0.2, 0) is 4.74 Å². The minimum absolute atomic E-state index is 0.0940. The number of ether oxygens (including phenoxy) is 1. The summed E-state index contributed by atoms with van der Waals surface area (Å²) in [7, 11) is 1.45. The van der Waals surface area contributed by atoms with Crippen molar-refractivity contribution >= 4 is 5.69 Å². The van der Waals surface area contributed by atoms with Crippen LogP contribution in [0.25, 0.3) is 0 Å². The van der Waals surface area contributed by atoms with E-state index in [1.165, 1.54) is 19.2 Å². The molecule has 1 aromatic rings. The van der Waals surface area contributed by atoms with Gasteiger partial charge < -0.3 is 15.6 Å². The van der Waals surface area contributed by atoms with Crippen LogP contribution in [0.1, 0.15) is 11.7 Å². The highest BCUT2D eigenvalue weighted by Gasteiger charge is 2.10. The Hall–Kier alpha value is -1.13. The molecule has 3 N–H and O–H groups in total. The van der Waals surface area contributed by atoms with Crippen LogP contribution in [-0.4, -0.2) is 18.8 Å². The first kappa shape index (κ1) is 9.95. The van der Waals surface area contributed by atoms with Crippen molar-refractivity contribution in [3.63, 3.8) is 0 Å². The van der Waals surface area contributed by atoms with Crippen molar-refractivity contribution in [1.29, 1.82) is 0 Å². The van der Waals surface area contributed by atoms with Gasteiger partial charge in [0.2, 0.25) is 0 Å². The Balaban J connectivity index is 2.95. The number of aliphatic hydroxyl groups excluding tert-OH is 1. The number of hydrogen-bond donors (Lipinski definition) is 2. The van der Waals surface area contributed by atoms with Gasteiger partial charge in [-0.2, -0.15) is 0 Å². The fourth-order valence-corrected chi connectivity index (χ4v) is 1.06. The molecule has 1 atom stereocenters. The van der Waals surface area contributed by atoms with E-state index in [0.29, 0.717) is 5.56 Å². The summed E-state index contributed by atoms with van der Waals surface area (Å²) in [5, 5.41) is 8.86. The van der Waals surface area contributed by atoms with Gasteiger partial charge in [-0.15, -0.1) is 0 Å². The number of rotatable bonds is 3. The number of methoxy groups -OCH3 is 1. The van der Waals surface area contributed by atoms with E-state index in [1.807, 2.05) is 0 Å². The van der Waals surface area contributed by atoms with E-state index in [1.54, 1.807) is 6.07 Å². The van der Waals surface area contributed by atoms with Gasteiger partial charge in [0.15, 0.2) is 0 Å². The van der Waals surface area contributed by atoms with E-state index in [4.69, 9.17) is 15.6 Å². The number of aliphatic hydroxyl groups is 1. The highest BCUT2D eigenvalue weighted by Crippen LogP contribution is 2.19.